The number of benzene rings is 1. The fourth-order valence-electron chi connectivity index (χ4n) is 2.33. The number of nitrogens with one attached hydrogen (secondary N) is 2. The Balaban J connectivity index is 1.99. The summed E-state index contributed by atoms with van der Waals surface area (Å²) in [6, 6.07) is 7.06. The van der Waals surface area contributed by atoms with Crippen LogP contribution in [0.5, 0.6) is 0 Å². The Morgan fingerprint density at radius 1 is 1.29 bits per heavy atom. The maximum absolute atomic E-state index is 12.1. The minimum Gasteiger partial charge on any atom is -0.352 e. The monoisotopic (exact) mass is 308 g/mol. The summed E-state index contributed by atoms with van der Waals surface area (Å²) in [6.07, 6.45) is 7.81. The highest BCUT2D eigenvalue weighted by molar-refractivity contribution is 7.92. The molecule has 1 aromatic carbocycles. The van der Waals surface area contributed by atoms with Gasteiger partial charge in [-0.3, -0.25) is 9.52 Å². The second-order valence-electron chi connectivity index (χ2n) is 5.23. The van der Waals surface area contributed by atoms with Gasteiger partial charge in [0.05, 0.1) is 11.9 Å². The van der Waals surface area contributed by atoms with Crippen molar-refractivity contribution in [1.82, 2.24) is 5.32 Å². The number of carbonyl (C=O) groups excluding carboxylic acids is 1. The van der Waals surface area contributed by atoms with Crippen LogP contribution in [0.1, 0.15) is 24.8 Å². The third-order valence-electron chi connectivity index (χ3n) is 3.41. The third kappa shape index (κ3) is 4.90. The molecule has 114 valence electrons. The van der Waals surface area contributed by atoms with Gasteiger partial charge in [-0.05, 0) is 30.9 Å². The molecule has 1 amide bonds. The minimum absolute atomic E-state index is 0.0185. The summed E-state index contributed by atoms with van der Waals surface area (Å²) >= 11 is 0. The van der Waals surface area contributed by atoms with Crippen molar-refractivity contribution < 1.29 is 13.2 Å². The highest BCUT2D eigenvalue weighted by atomic mass is 32.2. The number of hydrogen-bond donors (Lipinski definition) is 2. The Morgan fingerprint density at radius 3 is 2.71 bits per heavy atom. The molecule has 2 N–H and O–H groups in total. The predicted molar refractivity (Wildman–Crippen MR) is 83.2 cm³/mol. The largest absolute Gasteiger partial charge is 0.352 e. The van der Waals surface area contributed by atoms with Crippen LogP contribution in [0.4, 0.5) is 5.69 Å². The molecule has 0 aromatic heterocycles. The van der Waals surface area contributed by atoms with Gasteiger partial charge in [-0.15, -0.1) is 0 Å². The quantitative estimate of drug-likeness (QED) is 0.817. The van der Waals surface area contributed by atoms with Gasteiger partial charge in [-0.25, -0.2) is 8.42 Å². The molecule has 2 rings (SSSR count). The number of hydrogen-bond acceptors (Lipinski definition) is 3. The van der Waals surface area contributed by atoms with Crippen molar-refractivity contribution in [2.75, 3.05) is 11.0 Å². The summed E-state index contributed by atoms with van der Waals surface area (Å²) in [7, 11) is -3.33. The minimum atomic E-state index is -3.33. The van der Waals surface area contributed by atoms with E-state index in [4.69, 9.17) is 0 Å². The van der Waals surface area contributed by atoms with Gasteiger partial charge >= 0.3 is 0 Å². The average Bonchev–Trinajstić information content (AvgIpc) is 2.45. The van der Waals surface area contributed by atoms with E-state index >= 15 is 0 Å². The second-order valence-corrected chi connectivity index (χ2v) is 6.98. The molecule has 0 spiro atoms. The summed E-state index contributed by atoms with van der Waals surface area (Å²) in [5, 5.41) is 2.89. The average molecular weight is 308 g/mol. The number of anilines is 1. The van der Waals surface area contributed by atoms with Gasteiger partial charge in [0.25, 0.3) is 0 Å². The van der Waals surface area contributed by atoms with Crippen molar-refractivity contribution in [2.24, 2.45) is 5.92 Å². The maximum Gasteiger partial charge on any atom is 0.229 e. The maximum atomic E-state index is 12.1. The number of sulfonamides is 1. The molecule has 0 heterocycles. The molecule has 0 radical (unpaired) electrons. The molecule has 1 aliphatic rings. The molecule has 1 atom stereocenters. The van der Waals surface area contributed by atoms with Crippen LogP contribution >= 0.6 is 0 Å². The SMILES string of the molecule is CS(=O)(=O)Nc1ccccc1CNC(=O)[C@@H]1CC=CCC1. The van der Waals surface area contributed by atoms with Crippen molar-refractivity contribution >= 4 is 21.6 Å². The summed E-state index contributed by atoms with van der Waals surface area (Å²) in [6.45, 7) is 0.317. The molecule has 0 fully saturated rings. The lowest BCUT2D eigenvalue weighted by Gasteiger charge is -2.18. The lowest BCUT2D eigenvalue weighted by molar-refractivity contribution is -0.125. The zero-order valence-electron chi connectivity index (χ0n) is 12.0. The first-order valence-corrected chi connectivity index (χ1v) is 8.83. The Hall–Kier alpha value is -1.82. The Bertz CT molecular complexity index is 638. The lowest BCUT2D eigenvalue weighted by Crippen LogP contribution is -2.31. The van der Waals surface area contributed by atoms with Crippen molar-refractivity contribution in [3.05, 3.63) is 42.0 Å². The van der Waals surface area contributed by atoms with Crippen molar-refractivity contribution in [2.45, 2.75) is 25.8 Å². The molecule has 0 aliphatic heterocycles. The number of carbonyl (C=O) groups is 1. The summed E-state index contributed by atoms with van der Waals surface area (Å²) in [4.78, 5) is 12.1. The van der Waals surface area contributed by atoms with Gasteiger partial charge in [-0.1, -0.05) is 30.4 Å². The van der Waals surface area contributed by atoms with Crippen LogP contribution in [0, 0.1) is 5.92 Å². The number of rotatable bonds is 5. The van der Waals surface area contributed by atoms with E-state index in [-0.39, 0.29) is 11.8 Å². The summed E-state index contributed by atoms with van der Waals surface area (Å²) < 4.78 is 25.1. The standard InChI is InChI=1S/C15H20N2O3S/c1-21(19,20)17-14-10-6-5-9-13(14)11-16-15(18)12-7-3-2-4-8-12/h2-3,5-6,9-10,12,17H,4,7-8,11H2,1H3,(H,16,18)/t12-/m1/s1. The van der Waals surface area contributed by atoms with Gasteiger partial charge in [0.1, 0.15) is 0 Å². The first-order valence-electron chi connectivity index (χ1n) is 6.94. The topological polar surface area (TPSA) is 75.3 Å². The normalized spacial score (nSPS) is 18.2. The van der Waals surface area contributed by atoms with E-state index in [0.717, 1.165) is 31.1 Å². The van der Waals surface area contributed by atoms with Crippen LogP contribution in [0.25, 0.3) is 0 Å². The number of amides is 1. The molecule has 1 aromatic rings. The Kier molecular flexibility index (Phi) is 5.01. The molecule has 0 bridgehead atoms. The highest BCUT2D eigenvalue weighted by Crippen LogP contribution is 2.19. The van der Waals surface area contributed by atoms with Crippen LogP contribution in [0.15, 0.2) is 36.4 Å². The fourth-order valence-corrected chi connectivity index (χ4v) is 2.93. The Labute approximate surface area is 125 Å². The lowest BCUT2D eigenvalue weighted by atomic mass is 9.93. The molecule has 0 saturated heterocycles. The van der Waals surface area contributed by atoms with E-state index < -0.39 is 10.0 Å². The molecule has 0 saturated carbocycles. The molecular formula is C15H20N2O3S. The van der Waals surface area contributed by atoms with Gasteiger partial charge in [0.2, 0.25) is 15.9 Å². The predicted octanol–water partition coefficient (Wildman–Crippen LogP) is 2.03. The van der Waals surface area contributed by atoms with Gasteiger partial charge in [0, 0.05) is 12.5 Å². The van der Waals surface area contributed by atoms with Crippen LogP contribution in [-0.2, 0) is 21.4 Å². The third-order valence-corrected chi connectivity index (χ3v) is 4.00. The zero-order valence-corrected chi connectivity index (χ0v) is 12.8. The summed E-state index contributed by atoms with van der Waals surface area (Å²) in [5.74, 6) is 0.0403. The first kappa shape index (κ1) is 15.6. The van der Waals surface area contributed by atoms with E-state index in [0.29, 0.717) is 12.2 Å². The van der Waals surface area contributed by atoms with E-state index in [2.05, 4.69) is 16.1 Å². The van der Waals surface area contributed by atoms with Gasteiger partial charge < -0.3 is 5.32 Å². The molecule has 21 heavy (non-hydrogen) atoms. The van der Waals surface area contributed by atoms with E-state index in [1.54, 1.807) is 18.2 Å². The summed E-state index contributed by atoms with van der Waals surface area (Å²) in [5.41, 5.74) is 1.26. The second kappa shape index (κ2) is 6.76. The highest BCUT2D eigenvalue weighted by Gasteiger charge is 2.18. The van der Waals surface area contributed by atoms with Crippen LogP contribution in [0.2, 0.25) is 0 Å². The number of para-hydroxylation sites is 1. The molecule has 1 aliphatic carbocycles. The smallest absolute Gasteiger partial charge is 0.229 e. The van der Waals surface area contributed by atoms with Crippen molar-refractivity contribution in [1.29, 1.82) is 0 Å². The first-order chi connectivity index (χ1) is 9.96. The van der Waals surface area contributed by atoms with Crippen LogP contribution in [-0.4, -0.2) is 20.6 Å². The fraction of sp³-hybridized carbons (Fsp3) is 0.400. The van der Waals surface area contributed by atoms with E-state index in [9.17, 15) is 13.2 Å². The molecule has 5 nitrogen and oxygen atoms in total. The van der Waals surface area contributed by atoms with Gasteiger partial charge in [-0.2, -0.15) is 0 Å². The zero-order chi connectivity index (χ0) is 15.3. The van der Waals surface area contributed by atoms with E-state index in [1.165, 1.54) is 0 Å². The Morgan fingerprint density at radius 2 is 2.05 bits per heavy atom. The van der Waals surface area contributed by atoms with Crippen LogP contribution in [0.3, 0.4) is 0 Å². The number of allylic oxidation sites excluding steroid dienone is 2. The molecule has 6 heteroatoms. The van der Waals surface area contributed by atoms with Crippen molar-refractivity contribution in [3.8, 4) is 0 Å². The van der Waals surface area contributed by atoms with Crippen LogP contribution < -0.4 is 10.0 Å². The molecule has 0 unspecified atom stereocenters. The van der Waals surface area contributed by atoms with Gasteiger partial charge in [0.15, 0.2) is 0 Å². The van der Waals surface area contributed by atoms with Crippen molar-refractivity contribution in [3.63, 3.8) is 0 Å². The van der Waals surface area contributed by atoms with E-state index in [1.807, 2.05) is 12.1 Å². The molecular weight excluding hydrogens is 288 g/mol.